The van der Waals surface area contributed by atoms with Crippen LogP contribution in [0.3, 0.4) is 0 Å². The summed E-state index contributed by atoms with van der Waals surface area (Å²) in [5.74, 6) is -0.0128. The van der Waals surface area contributed by atoms with Crippen LogP contribution < -0.4 is 4.90 Å². The number of nitrogens with zero attached hydrogens (tertiary/aromatic N) is 3. The first kappa shape index (κ1) is 17.1. The van der Waals surface area contributed by atoms with Crippen LogP contribution in [-0.2, 0) is 11.0 Å². The third kappa shape index (κ3) is 3.76. The highest BCUT2D eigenvalue weighted by Crippen LogP contribution is 2.35. The van der Waals surface area contributed by atoms with Gasteiger partial charge in [-0.1, -0.05) is 0 Å². The predicted molar refractivity (Wildman–Crippen MR) is 79.8 cm³/mol. The number of halogens is 3. The molecule has 0 unspecified atom stereocenters. The largest absolute Gasteiger partial charge is 0.417 e. The van der Waals surface area contributed by atoms with Crippen molar-refractivity contribution in [1.82, 2.24) is 4.90 Å². The first-order valence-corrected chi connectivity index (χ1v) is 7.33. The molecule has 0 atom stereocenters. The molecular weight excluding hydrogens is 307 g/mol. The number of carbonyl (C=O) groups excluding carboxylic acids is 1. The summed E-state index contributed by atoms with van der Waals surface area (Å²) in [6.45, 7) is 2.65. The fourth-order valence-electron chi connectivity index (χ4n) is 2.83. The van der Waals surface area contributed by atoms with E-state index in [1.165, 1.54) is 13.0 Å². The number of hydrogen-bond donors (Lipinski definition) is 0. The van der Waals surface area contributed by atoms with Gasteiger partial charge in [-0.15, -0.1) is 0 Å². The van der Waals surface area contributed by atoms with Gasteiger partial charge in [0.25, 0.3) is 0 Å². The van der Waals surface area contributed by atoms with Crippen molar-refractivity contribution in [3.8, 4) is 6.07 Å². The molecule has 4 nitrogen and oxygen atoms in total. The molecule has 124 valence electrons. The molecule has 7 heteroatoms. The molecule has 1 aliphatic rings. The van der Waals surface area contributed by atoms with E-state index in [2.05, 4.69) is 0 Å². The molecule has 23 heavy (non-hydrogen) atoms. The van der Waals surface area contributed by atoms with Gasteiger partial charge < -0.3 is 9.80 Å². The van der Waals surface area contributed by atoms with Gasteiger partial charge in [-0.2, -0.15) is 18.4 Å². The maximum absolute atomic E-state index is 13.0. The average Bonchev–Trinajstić information content (AvgIpc) is 2.52. The molecule has 1 aliphatic heterocycles. The molecule has 0 radical (unpaired) electrons. The maximum Gasteiger partial charge on any atom is 0.417 e. The van der Waals surface area contributed by atoms with Crippen LogP contribution in [0.4, 0.5) is 18.9 Å². The van der Waals surface area contributed by atoms with Crippen LogP contribution in [-0.4, -0.2) is 37.0 Å². The second-order valence-electron chi connectivity index (χ2n) is 5.69. The molecule has 0 N–H and O–H groups in total. The Kier molecular flexibility index (Phi) is 4.83. The van der Waals surface area contributed by atoms with Crippen LogP contribution in [0.1, 0.15) is 30.9 Å². The van der Waals surface area contributed by atoms with Gasteiger partial charge in [0, 0.05) is 38.8 Å². The Balaban J connectivity index is 2.16. The summed E-state index contributed by atoms with van der Waals surface area (Å²) in [7, 11) is 1.74. The van der Waals surface area contributed by atoms with Gasteiger partial charge in [0.05, 0.1) is 17.2 Å². The summed E-state index contributed by atoms with van der Waals surface area (Å²) in [5, 5.41) is 8.83. The van der Waals surface area contributed by atoms with Crippen LogP contribution in [0.2, 0.25) is 0 Å². The highest BCUT2D eigenvalue weighted by molar-refractivity contribution is 5.73. The van der Waals surface area contributed by atoms with E-state index in [0.29, 0.717) is 31.6 Å². The van der Waals surface area contributed by atoms with E-state index in [0.717, 1.165) is 6.07 Å². The predicted octanol–water partition coefficient (Wildman–Crippen LogP) is 3.02. The molecule has 0 saturated carbocycles. The summed E-state index contributed by atoms with van der Waals surface area (Å²) in [6, 6.07) is 5.49. The normalized spacial score (nSPS) is 16.1. The van der Waals surface area contributed by atoms with Gasteiger partial charge in [-0.3, -0.25) is 4.79 Å². The molecule has 2 rings (SSSR count). The van der Waals surface area contributed by atoms with Gasteiger partial charge in [0.2, 0.25) is 5.91 Å². The molecule has 1 saturated heterocycles. The minimum atomic E-state index is -4.55. The Morgan fingerprint density at radius 2 is 1.96 bits per heavy atom. The van der Waals surface area contributed by atoms with Gasteiger partial charge in [0.15, 0.2) is 0 Å². The fourth-order valence-corrected chi connectivity index (χ4v) is 2.83. The van der Waals surface area contributed by atoms with Crippen molar-refractivity contribution >= 4 is 11.6 Å². The fraction of sp³-hybridized carbons (Fsp3) is 0.500. The highest BCUT2D eigenvalue weighted by Gasteiger charge is 2.34. The van der Waals surface area contributed by atoms with Crippen LogP contribution in [0.25, 0.3) is 0 Å². The van der Waals surface area contributed by atoms with Gasteiger partial charge in [0.1, 0.15) is 0 Å². The number of benzene rings is 1. The summed E-state index contributed by atoms with van der Waals surface area (Å²) in [5.41, 5.74) is -0.812. The zero-order valence-electron chi connectivity index (χ0n) is 13.0. The van der Waals surface area contributed by atoms with E-state index in [9.17, 15) is 18.0 Å². The zero-order valence-corrected chi connectivity index (χ0v) is 13.0. The van der Waals surface area contributed by atoms with E-state index in [-0.39, 0.29) is 17.5 Å². The van der Waals surface area contributed by atoms with E-state index in [1.54, 1.807) is 24.1 Å². The molecule has 1 heterocycles. The van der Waals surface area contributed by atoms with Gasteiger partial charge in [-0.05, 0) is 31.0 Å². The van der Waals surface area contributed by atoms with Crippen LogP contribution in [0.15, 0.2) is 18.2 Å². The Morgan fingerprint density at radius 1 is 1.35 bits per heavy atom. The first-order valence-electron chi connectivity index (χ1n) is 7.33. The Hall–Kier alpha value is -2.23. The third-order valence-electron chi connectivity index (χ3n) is 4.30. The van der Waals surface area contributed by atoms with Gasteiger partial charge in [-0.25, -0.2) is 0 Å². The molecule has 0 aliphatic carbocycles. The molecular formula is C16H18F3N3O. The van der Waals surface area contributed by atoms with Crippen molar-refractivity contribution in [3.63, 3.8) is 0 Å². The minimum Gasteiger partial charge on any atom is -0.371 e. The van der Waals surface area contributed by atoms with E-state index < -0.39 is 11.7 Å². The Labute approximate surface area is 133 Å². The topological polar surface area (TPSA) is 47.3 Å². The van der Waals surface area contributed by atoms with Crippen molar-refractivity contribution in [2.45, 2.75) is 32.0 Å². The number of anilines is 1. The lowest BCUT2D eigenvalue weighted by molar-refractivity contribution is -0.137. The smallest absolute Gasteiger partial charge is 0.371 e. The quantitative estimate of drug-likeness (QED) is 0.840. The van der Waals surface area contributed by atoms with Gasteiger partial charge >= 0.3 is 6.18 Å². The molecule has 1 aromatic carbocycles. The Morgan fingerprint density at radius 3 is 2.43 bits per heavy atom. The van der Waals surface area contributed by atoms with Crippen molar-refractivity contribution in [3.05, 3.63) is 29.3 Å². The molecule has 1 fully saturated rings. The lowest BCUT2D eigenvalue weighted by Gasteiger charge is -2.37. The average molecular weight is 325 g/mol. The SMILES string of the molecule is CC(=O)N(C)C1CCN(c2ccc(C#N)c(C(F)(F)F)c2)CC1. The number of piperidine rings is 1. The summed E-state index contributed by atoms with van der Waals surface area (Å²) < 4.78 is 39.1. The molecule has 1 aromatic rings. The van der Waals surface area contributed by atoms with Crippen molar-refractivity contribution in [2.24, 2.45) is 0 Å². The van der Waals surface area contributed by atoms with E-state index in [1.807, 2.05) is 4.90 Å². The summed E-state index contributed by atoms with van der Waals surface area (Å²) in [4.78, 5) is 14.9. The molecule has 0 aromatic heterocycles. The number of amides is 1. The lowest BCUT2D eigenvalue weighted by atomic mass is 10.0. The van der Waals surface area contributed by atoms with Crippen molar-refractivity contribution in [2.75, 3.05) is 25.0 Å². The van der Waals surface area contributed by atoms with Crippen molar-refractivity contribution < 1.29 is 18.0 Å². The van der Waals surface area contributed by atoms with E-state index in [4.69, 9.17) is 5.26 Å². The Bertz CT molecular complexity index is 628. The number of carbonyl (C=O) groups is 1. The summed E-state index contributed by atoms with van der Waals surface area (Å²) in [6.07, 6.45) is -3.14. The first-order chi connectivity index (χ1) is 10.7. The number of alkyl halides is 3. The van der Waals surface area contributed by atoms with Crippen molar-refractivity contribution in [1.29, 1.82) is 5.26 Å². The monoisotopic (exact) mass is 325 g/mol. The van der Waals surface area contributed by atoms with Crippen LogP contribution >= 0.6 is 0 Å². The molecule has 1 amide bonds. The minimum absolute atomic E-state index is 0.0128. The van der Waals surface area contributed by atoms with Crippen LogP contribution in [0.5, 0.6) is 0 Å². The standard InChI is InChI=1S/C16H18F3N3O/c1-11(23)21(2)13-5-7-22(8-6-13)14-4-3-12(10-20)15(9-14)16(17,18)19/h3-4,9,13H,5-8H2,1-2H3. The van der Waals surface area contributed by atoms with Crippen LogP contribution in [0, 0.1) is 11.3 Å². The number of nitriles is 1. The number of rotatable bonds is 2. The summed E-state index contributed by atoms with van der Waals surface area (Å²) >= 11 is 0. The molecule has 0 bridgehead atoms. The third-order valence-corrected chi connectivity index (χ3v) is 4.30. The van der Waals surface area contributed by atoms with E-state index >= 15 is 0 Å². The molecule has 0 spiro atoms. The second kappa shape index (κ2) is 6.49. The highest BCUT2D eigenvalue weighted by atomic mass is 19.4. The lowest BCUT2D eigenvalue weighted by Crippen LogP contribution is -2.45. The maximum atomic E-state index is 13.0. The zero-order chi connectivity index (χ0) is 17.2. The second-order valence-corrected chi connectivity index (χ2v) is 5.69. The number of hydrogen-bond acceptors (Lipinski definition) is 3.